The predicted octanol–water partition coefficient (Wildman–Crippen LogP) is 5.58. The molecule has 1 amide bonds. The number of halogens is 1. The first-order valence-corrected chi connectivity index (χ1v) is 13.6. The van der Waals surface area contributed by atoms with Gasteiger partial charge in [0.15, 0.2) is 5.13 Å². The van der Waals surface area contributed by atoms with Gasteiger partial charge >= 0.3 is 0 Å². The van der Waals surface area contributed by atoms with Gasteiger partial charge in [-0.3, -0.25) is 9.69 Å². The lowest BCUT2D eigenvalue weighted by atomic mass is 10.1. The van der Waals surface area contributed by atoms with Gasteiger partial charge in [-0.1, -0.05) is 53.3 Å². The van der Waals surface area contributed by atoms with Gasteiger partial charge in [-0.15, -0.1) is 0 Å². The average Bonchev–Trinajstić information content (AvgIpc) is 3.53. The number of hydrogen-bond acceptors (Lipinski definition) is 5. The number of carbonyl (C=O) groups excluding carboxylic acids is 1. The molecule has 0 atom stereocenters. The number of rotatable bonds is 6. The van der Waals surface area contributed by atoms with Crippen LogP contribution in [-0.2, 0) is 16.6 Å². The highest BCUT2D eigenvalue weighted by molar-refractivity contribution is 7.89. The zero-order valence-corrected chi connectivity index (χ0v) is 20.6. The molecule has 1 fully saturated rings. The number of anilines is 1. The molecule has 0 spiro atoms. The van der Waals surface area contributed by atoms with E-state index in [9.17, 15) is 13.2 Å². The normalized spacial score (nSPS) is 14.5. The van der Waals surface area contributed by atoms with Crippen LogP contribution in [0.5, 0.6) is 0 Å². The van der Waals surface area contributed by atoms with Gasteiger partial charge in [-0.2, -0.15) is 4.31 Å². The topological polar surface area (TPSA) is 70.6 Å². The van der Waals surface area contributed by atoms with Gasteiger partial charge in [-0.05, 0) is 60.9 Å². The van der Waals surface area contributed by atoms with E-state index >= 15 is 0 Å². The van der Waals surface area contributed by atoms with Crippen LogP contribution in [0.15, 0.2) is 77.7 Å². The summed E-state index contributed by atoms with van der Waals surface area (Å²) in [5, 5.41) is 1.17. The first-order chi connectivity index (χ1) is 16.4. The van der Waals surface area contributed by atoms with Crippen molar-refractivity contribution >= 4 is 54.2 Å². The van der Waals surface area contributed by atoms with E-state index in [0.29, 0.717) is 35.4 Å². The summed E-state index contributed by atoms with van der Waals surface area (Å²) in [5.74, 6) is -0.251. The second kappa shape index (κ2) is 9.46. The largest absolute Gasteiger partial charge is 0.279 e. The Kier molecular flexibility index (Phi) is 6.40. The summed E-state index contributed by atoms with van der Waals surface area (Å²) in [6, 6.07) is 21.3. The Balaban J connectivity index is 1.48. The summed E-state index contributed by atoms with van der Waals surface area (Å²) in [7, 11) is -3.54. The molecule has 1 saturated heterocycles. The van der Waals surface area contributed by atoms with Crippen LogP contribution in [0.1, 0.15) is 28.8 Å². The van der Waals surface area contributed by atoms with Crippen molar-refractivity contribution in [3.05, 3.63) is 88.9 Å². The summed E-state index contributed by atoms with van der Waals surface area (Å²) in [5.41, 5.74) is 2.12. The van der Waals surface area contributed by atoms with Crippen LogP contribution in [0.3, 0.4) is 0 Å². The fourth-order valence-electron chi connectivity index (χ4n) is 4.00. The van der Waals surface area contributed by atoms with Crippen LogP contribution in [0.4, 0.5) is 5.13 Å². The molecule has 0 bridgehead atoms. The van der Waals surface area contributed by atoms with Crippen molar-refractivity contribution in [2.45, 2.75) is 24.3 Å². The molecule has 0 N–H and O–H groups in total. The van der Waals surface area contributed by atoms with E-state index in [-0.39, 0.29) is 10.8 Å². The van der Waals surface area contributed by atoms with Crippen LogP contribution in [0.2, 0.25) is 5.02 Å². The Morgan fingerprint density at radius 1 is 1.00 bits per heavy atom. The third-order valence-electron chi connectivity index (χ3n) is 5.80. The third-order valence-corrected chi connectivity index (χ3v) is 8.99. The molecule has 0 unspecified atom stereocenters. The number of hydrogen-bond donors (Lipinski definition) is 0. The first-order valence-electron chi connectivity index (χ1n) is 10.9. The SMILES string of the molecule is O=C(c1ccc(S(=O)(=O)N2CCCC2)cc1)N(Cc1ccccc1)c1nc2ccc(Cl)cc2s1. The predicted molar refractivity (Wildman–Crippen MR) is 136 cm³/mol. The molecule has 5 rings (SSSR count). The Bertz CT molecular complexity index is 1430. The van der Waals surface area contributed by atoms with Crippen LogP contribution < -0.4 is 4.90 Å². The zero-order valence-electron chi connectivity index (χ0n) is 18.2. The van der Waals surface area contributed by atoms with E-state index in [2.05, 4.69) is 4.98 Å². The highest BCUT2D eigenvalue weighted by Gasteiger charge is 2.28. The summed E-state index contributed by atoms with van der Waals surface area (Å²) in [4.78, 5) is 20.1. The maximum Gasteiger partial charge on any atom is 0.260 e. The standard InChI is InChI=1S/C25H22ClN3O3S2/c26-20-10-13-22-23(16-20)33-25(27-22)29(17-18-6-2-1-3-7-18)24(30)19-8-11-21(12-9-19)34(31,32)28-14-4-5-15-28/h1-3,6-13,16H,4-5,14-15,17H2. The third kappa shape index (κ3) is 4.59. The lowest BCUT2D eigenvalue weighted by Crippen LogP contribution is -2.30. The zero-order chi connectivity index (χ0) is 23.7. The van der Waals surface area contributed by atoms with Gasteiger partial charge in [0.1, 0.15) is 0 Å². The van der Waals surface area contributed by atoms with Crippen LogP contribution >= 0.6 is 22.9 Å². The first kappa shape index (κ1) is 23.0. The Morgan fingerprint density at radius 3 is 2.41 bits per heavy atom. The fourth-order valence-corrected chi connectivity index (χ4v) is 6.75. The van der Waals surface area contributed by atoms with Crippen molar-refractivity contribution in [1.29, 1.82) is 0 Å². The number of aromatic nitrogens is 1. The van der Waals surface area contributed by atoms with Crippen molar-refractivity contribution < 1.29 is 13.2 Å². The lowest BCUT2D eigenvalue weighted by molar-refractivity contribution is 0.0985. The molecule has 1 aliphatic rings. The van der Waals surface area contributed by atoms with Gasteiger partial charge in [0, 0.05) is 23.7 Å². The molecule has 0 radical (unpaired) electrons. The summed E-state index contributed by atoms with van der Waals surface area (Å²) in [6.45, 7) is 1.41. The number of sulfonamides is 1. The van der Waals surface area contributed by atoms with Gasteiger partial charge in [0.25, 0.3) is 5.91 Å². The molecule has 1 aromatic heterocycles. The van der Waals surface area contributed by atoms with Crippen molar-refractivity contribution in [3.8, 4) is 0 Å². The van der Waals surface area contributed by atoms with Crippen LogP contribution in [0.25, 0.3) is 10.2 Å². The van der Waals surface area contributed by atoms with Gasteiger partial charge in [0.05, 0.1) is 21.7 Å². The minimum absolute atomic E-state index is 0.204. The molecule has 1 aliphatic heterocycles. The maximum absolute atomic E-state index is 13.6. The summed E-state index contributed by atoms with van der Waals surface area (Å²) >= 11 is 7.53. The average molecular weight is 512 g/mol. The lowest BCUT2D eigenvalue weighted by Gasteiger charge is -2.20. The number of amides is 1. The van der Waals surface area contributed by atoms with E-state index in [1.807, 2.05) is 42.5 Å². The molecule has 0 aliphatic carbocycles. The Morgan fingerprint density at radius 2 is 1.71 bits per heavy atom. The Labute approximate surface area is 207 Å². The minimum atomic E-state index is -3.54. The summed E-state index contributed by atoms with van der Waals surface area (Å²) in [6.07, 6.45) is 1.75. The molecule has 6 nitrogen and oxygen atoms in total. The number of nitrogens with zero attached hydrogens (tertiary/aromatic N) is 3. The molecule has 3 aromatic carbocycles. The number of fused-ring (bicyclic) bond motifs is 1. The van der Waals surface area contributed by atoms with Gasteiger partial charge < -0.3 is 0 Å². The molecule has 0 saturated carbocycles. The molecule has 174 valence electrons. The van der Waals surface area contributed by atoms with E-state index in [1.165, 1.54) is 27.8 Å². The molecular formula is C25H22ClN3O3S2. The molecule has 9 heteroatoms. The van der Waals surface area contributed by atoms with E-state index in [4.69, 9.17) is 11.6 Å². The summed E-state index contributed by atoms with van der Waals surface area (Å²) < 4.78 is 28.1. The van der Waals surface area contributed by atoms with E-state index in [1.54, 1.807) is 23.1 Å². The Hall–Kier alpha value is -2.78. The van der Waals surface area contributed by atoms with Crippen molar-refractivity contribution in [3.63, 3.8) is 0 Å². The van der Waals surface area contributed by atoms with Crippen LogP contribution in [-0.4, -0.2) is 36.7 Å². The molecule has 34 heavy (non-hydrogen) atoms. The number of thiazole rings is 1. The molecular weight excluding hydrogens is 490 g/mol. The van der Waals surface area contributed by atoms with Gasteiger partial charge in [-0.25, -0.2) is 13.4 Å². The number of benzene rings is 3. The fraction of sp³-hybridized carbons (Fsp3) is 0.200. The smallest absolute Gasteiger partial charge is 0.260 e. The van der Waals surface area contributed by atoms with Crippen LogP contribution in [0, 0.1) is 0 Å². The molecule has 4 aromatic rings. The second-order valence-corrected chi connectivity index (χ2v) is 11.5. The monoisotopic (exact) mass is 511 g/mol. The van der Waals surface area contributed by atoms with E-state index in [0.717, 1.165) is 28.6 Å². The van der Waals surface area contributed by atoms with Crippen molar-refractivity contribution in [1.82, 2.24) is 9.29 Å². The van der Waals surface area contributed by atoms with Gasteiger partial charge in [0.2, 0.25) is 10.0 Å². The second-order valence-electron chi connectivity index (χ2n) is 8.12. The van der Waals surface area contributed by atoms with E-state index < -0.39 is 10.0 Å². The minimum Gasteiger partial charge on any atom is -0.279 e. The maximum atomic E-state index is 13.6. The quantitative estimate of drug-likeness (QED) is 0.339. The van der Waals surface area contributed by atoms with Crippen molar-refractivity contribution in [2.24, 2.45) is 0 Å². The van der Waals surface area contributed by atoms with Crippen molar-refractivity contribution in [2.75, 3.05) is 18.0 Å². The molecule has 2 heterocycles. The highest BCUT2D eigenvalue weighted by Crippen LogP contribution is 2.32. The highest BCUT2D eigenvalue weighted by atomic mass is 35.5. The number of carbonyl (C=O) groups is 1.